The fraction of sp³-hybridized carbons (Fsp3) is 0.500. The first-order valence-electron chi connectivity index (χ1n) is 11.4. The largest absolute Gasteiger partial charge is 0.393 e. The number of hydrogen-bond acceptors (Lipinski definition) is 7. The highest BCUT2D eigenvalue weighted by Crippen LogP contribution is 2.37. The molecule has 1 amide bonds. The third-order valence-electron chi connectivity index (χ3n) is 6.18. The predicted molar refractivity (Wildman–Crippen MR) is 127 cm³/mol. The van der Waals surface area contributed by atoms with Gasteiger partial charge in [0.05, 0.1) is 24.4 Å². The zero-order chi connectivity index (χ0) is 23.5. The summed E-state index contributed by atoms with van der Waals surface area (Å²) in [6, 6.07) is 6.00. The van der Waals surface area contributed by atoms with Crippen LogP contribution in [0.3, 0.4) is 0 Å². The lowest BCUT2D eigenvalue weighted by molar-refractivity contribution is 0.0958. The van der Waals surface area contributed by atoms with Gasteiger partial charge in [-0.25, -0.2) is 14.5 Å². The van der Waals surface area contributed by atoms with Crippen LogP contribution in [0.15, 0.2) is 24.4 Å². The molecular weight excluding hydrogens is 420 g/mol. The van der Waals surface area contributed by atoms with Gasteiger partial charge in [0, 0.05) is 43.1 Å². The summed E-state index contributed by atoms with van der Waals surface area (Å²) in [5.74, 6) is 0.596. The Morgan fingerprint density at radius 3 is 2.73 bits per heavy atom. The Kier molecular flexibility index (Phi) is 6.90. The Hall–Kier alpha value is -3.04. The summed E-state index contributed by atoms with van der Waals surface area (Å²) in [5.41, 5.74) is 4.96. The summed E-state index contributed by atoms with van der Waals surface area (Å²) in [6.45, 7) is 4.44. The third kappa shape index (κ3) is 4.99. The number of rotatable bonds is 7. The van der Waals surface area contributed by atoms with E-state index in [1.165, 1.54) is 0 Å². The van der Waals surface area contributed by atoms with Crippen molar-refractivity contribution >= 4 is 17.4 Å². The Morgan fingerprint density at radius 2 is 2.03 bits per heavy atom. The molecule has 1 aliphatic rings. The number of hydrogen-bond donors (Lipinski definition) is 3. The van der Waals surface area contributed by atoms with E-state index in [0.717, 1.165) is 53.7 Å². The molecular formula is C24H32N6O3. The summed E-state index contributed by atoms with van der Waals surface area (Å²) in [7, 11) is 3.27. The Bertz CT molecular complexity index is 1140. The van der Waals surface area contributed by atoms with Gasteiger partial charge in [0.2, 0.25) is 5.95 Å². The van der Waals surface area contributed by atoms with Gasteiger partial charge in [0.1, 0.15) is 5.69 Å². The third-order valence-corrected chi connectivity index (χ3v) is 6.18. The van der Waals surface area contributed by atoms with E-state index in [0.29, 0.717) is 18.2 Å². The number of aryl methyl sites for hydroxylation is 1. The van der Waals surface area contributed by atoms with E-state index >= 15 is 0 Å². The number of anilines is 1. The summed E-state index contributed by atoms with van der Waals surface area (Å²) in [6.07, 6.45) is 4.96. The van der Waals surface area contributed by atoms with Crippen molar-refractivity contribution < 1.29 is 14.6 Å². The van der Waals surface area contributed by atoms with Crippen LogP contribution < -0.4 is 10.6 Å². The maximum absolute atomic E-state index is 12.3. The van der Waals surface area contributed by atoms with Gasteiger partial charge in [-0.1, -0.05) is 0 Å². The first-order chi connectivity index (χ1) is 15.9. The number of aromatic nitrogens is 4. The van der Waals surface area contributed by atoms with Crippen molar-refractivity contribution in [2.75, 3.05) is 26.1 Å². The Balaban J connectivity index is 1.82. The molecule has 1 fully saturated rings. The van der Waals surface area contributed by atoms with E-state index in [4.69, 9.17) is 9.84 Å². The minimum Gasteiger partial charge on any atom is -0.393 e. The number of carbonyl (C=O) groups excluding carboxylic acids is 1. The van der Waals surface area contributed by atoms with Crippen LogP contribution in [0, 0.1) is 6.92 Å². The number of ether oxygens (including phenoxy) is 1. The monoisotopic (exact) mass is 452 g/mol. The first kappa shape index (κ1) is 23.1. The average Bonchev–Trinajstić information content (AvgIpc) is 3.17. The second-order valence-electron chi connectivity index (χ2n) is 8.83. The molecule has 0 spiro atoms. The van der Waals surface area contributed by atoms with Crippen LogP contribution in [0.2, 0.25) is 0 Å². The van der Waals surface area contributed by atoms with Crippen LogP contribution in [-0.4, -0.2) is 63.5 Å². The van der Waals surface area contributed by atoms with Crippen molar-refractivity contribution in [2.45, 2.75) is 57.6 Å². The van der Waals surface area contributed by atoms with E-state index in [1.54, 1.807) is 14.2 Å². The number of nitrogens with one attached hydrogen (secondary N) is 2. The molecule has 176 valence electrons. The molecule has 0 unspecified atom stereocenters. The van der Waals surface area contributed by atoms with Gasteiger partial charge in [-0.2, -0.15) is 0 Å². The molecule has 33 heavy (non-hydrogen) atoms. The van der Waals surface area contributed by atoms with Crippen molar-refractivity contribution in [1.29, 1.82) is 0 Å². The molecule has 3 aromatic rings. The number of nitrogens with zero attached hydrogens (tertiary/aromatic N) is 4. The number of aliphatic hydroxyl groups is 1. The maximum Gasteiger partial charge on any atom is 0.269 e. The van der Waals surface area contributed by atoms with Gasteiger partial charge in [0.15, 0.2) is 0 Å². The molecule has 9 heteroatoms. The fourth-order valence-electron chi connectivity index (χ4n) is 4.56. The fourth-order valence-corrected chi connectivity index (χ4v) is 4.56. The standard InChI is InChI=1S/C24H32N6O3/c1-14-9-17(10-20(27-14)23(32)25-3)19-11-21(16-5-7-18(31)8-6-16)30-22(19)12-26-24(29-30)28-15(2)13-33-4/h9-12,15-16,18,31H,5-8,13H2,1-4H3,(H,25,32)(H,28,29)/t15-,16?,18?/m0/s1. The summed E-state index contributed by atoms with van der Waals surface area (Å²) < 4.78 is 7.18. The minimum absolute atomic E-state index is 0.0636. The van der Waals surface area contributed by atoms with Gasteiger partial charge in [-0.05, 0) is 63.3 Å². The smallest absolute Gasteiger partial charge is 0.269 e. The van der Waals surface area contributed by atoms with Crippen molar-refractivity contribution in [3.8, 4) is 11.1 Å². The molecule has 3 heterocycles. The number of amides is 1. The molecule has 9 nitrogen and oxygen atoms in total. The van der Waals surface area contributed by atoms with E-state index in [1.807, 2.05) is 36.7 Å². The van der Waals surface area contributed by atoms with Crippen LogP contribution in [0.1, 0.15) is 60.4 Å². The molecule has 3 aromatic heterocycles. The molecule has 4 rings (SSSR count). The van der Waals surface area contributed by atoms with E-state index in [-0.39, 0.29) is 24.0 Å². The van der Waals surface area contributed by atoms with Gasteiger partial charge >= 0.3 is 0 Å². The predicted octanol–water partition coefficient (Wildman–Crippen LogP) is 2.92. The number of fused-ring (bicyclic) bond motifs is 1. The van der Waals surface area contributed by atoms with Crippen molar-refractivity contribution in [1.82, 2.24) is 24.9 Å². The highest BCUT2D eigenvalue weighted by molar-refractivity contribution is 5.94. The van der Waals surface area contributed by atoms with Crippen molar-refractivity contribution in [3.63, 3.8) is 0 Å². The van der Waals surface area contributed by atoms with Crippen LogP contribution in [0.4, 0.5) is 5.95 Å². The summed E-state index contributed by atoms with van der Waals surface area (Å²) in [4.78, 5) is 21.2. The normalized spacial score (nSPS) is 19.4. The summed E-state index contributed by atoms with van der Waals surface area (Å²) >= 11 is 0. The quantitative estimate of drug-likeness (QED) is 0.505. The number of methoxy groups -OCH3 is 1. The number of aliphatic hydroxyl groups excluding tert-OH is 1. The lowest BCUT2D eigenvalue weighted by Crippen LogP contribution is -2.23. The van der Waals surface area contributed by atoms with Gasteiger partial charge in [0.25, 0.3) is 5.91 Å². The van der Waals surface area contributed by atoms with Gasteiger partial charge in [-0.15, -0.1) is 5.10 Å². The maximum atomic E-state index is 12.3. The Labute approximate surface area is 193 Å². The highest BCUT2D eigenvalue weighted by Gasteiger charge is 2.26. The first-order valence-corrected chi connectivity index (χ1v) is 11.4. The molecule has 0 bridgehead atoms. The SMILES string of the molecule is CNC(=O)c1cc(-c2cc(C3CCC(O)CC3)n3nc(N[C@@H](C)COC)ncc23)cc(C)n1. The van der Waals surface area contributed by atoms with E-state index in [9.17, 15) is 9.90 Å². The van der Waals surface area contributed by atoms with Crippen LogP contribution in [-0.2, 0) is 4.74 Å². The molecule has 1 atom stereocenters. The molecule has 0 radical (unpaired) electrons. The lowest BCUT2D eigenvalue weighted by Gasteiger charge is -2.25. The van der Waals surface area contributed by atoms with E-state index in [2.05, 4.69) is 26.7 Å². The molecule has 0 saturated heterocycles. The molecule has 0 aliphatic heterocycles. The van der Waals surface area contributed by atoms with Crippen molar-refractivity contribution in [3.05, 3.63) is 41.5 Å². The topological polar surface area (TPSA) is 114 Å². The molecule has 1 saturated carbocycles. The molecule has 0 aromatic carbocycles. The number of carbonyl (C=O) groups is 1. The number of pyridine rings is 1. The Morgan fingerprint density at radius 1 is 1.27 bits per heavy atom. The second kappa shape index (κ2) is 9.84. The molecule has 3 N–H and O–H groups in total. The van der Waals surface area contributed by atoms with Crippen LogP contribution in [0.25, 0.3) is 16.6 Å². The zero-order valence-corrected chi connectivity index (χ0v) is 19.6. The van der Waals surface area contributed by atoms with Gasteiger partial charge < -0.3 is 20.5 Å². The highest BCUT2D eigenvalue weighted by atomic mass is 16.5. The van der Waals surface area contributed by atoms with Crippen molar-refractivity contribution in [2.24, 2.45) is 0 Å². The minimum atomic E-state index is -0.230. The summed E-state index contributed by atoms with van der Waals surface area (Å²) in [5, 5.41) is 20.8. The van der Waals surface area contributed by atoms with Gasteiger partial charge in [-0.3, -0.25) is 4.79 Å². The van der Waals surface area contributed by atoms with Crippen LogP contribution in [0.5, 0.6) is 0 Å². The zero-order valence-electron chi connectivity index (χ0n) is 19.6. The molecule has 1 aliphatic carbocycles. The van der Waals surface area contributed by atoms with E-state index < -0.39 is 0 Å². The average molecular weight is 453 g/mol. The lowest BCUT2D eigenvalue weighted by atomic mass is 9.85. The second-order valence-corrected chi connectivity index (χ2v) is 8.83. The van der Waals surface area contributed by atoms with Crippen LogP contribution >= 0.6 is 0 Å².